The fraction of sp³-hybridized carbons (Fsp3) is 1.00. The van der Waals surface area contributed by atoms with Crippen molar-refractivity contribution in [3.8, 4) is 0 Å². The molecule has 0 aromatic carbocycles. The Morgan fingerprint density at radius 3 is 2.29 bits per heavy atom. The molecule has 0 aliphatic heterocycles. The Labute approximate surface area is 104 Å². The van der Waals surface area contributed by atoms with Gasteiger partial charge in [-0.05, 0) is 0 Å². The normalized spacial score (nSPS) is 13.3. The Hall–Kier alpha value is 0.802. The molecule has 0 amide bonds. The van der Waals surface area contributed by atoms with Crippen LogP contribution < -0.4 is 11.2 Å². The van der Waals surface area contributed by atoms with Crippen molar-refractivity contribution in [2.75, 3.05) is 13.2 Å². The van der Waals surface area contributed by atoms with E-state index in [-0.39, 0.29) is 11.0 Å². The van der Waals surface area contributed by atoms with Crippen molar-refractivity contribution in [1.29, 1.82) is 0 Å². The number of nitrogens with two attached hydrogens (primary N) is 1. The summed E-state index contributed by atoms with van der Waals surface area (Å²) in [4.78, 5) is 4.74. The monoisotopic (exact) mass is 395 g/mol. The zero-order chi connectivity index (χ0) is 11.2. The maximum atomic E-state index is 5.12. The van der Waals surface area contributed by atoms with Crippen LogP contribution in [0.2, 0.25) is 3.98 Å². The standard InChI is InChI=1S/C10H23N2O.Pb/c1-6-12-10(4,5)7-9(2,3)8-13-11;/h12H,1,6-8,11H2,2-5H3;. The van der Waals surface area contributed by atoms with Gasteiger partial charge in [0.05, 0.1) is 0 Å². The molecule has 3 radical (unpaired) electrons. The molecule has 0 aromatic rings. The van der Waals surface area contributed by atoms with Gasteiger partial charge in [0.1, 0.15) is 0 Å². The molecule has 0 aliphatic carbocycles. The molecule has 0 rings (SSSR count). The molecule has 4 heteroatoms. The molecular weight excluding hydrogens is 371 g/mol. The molecule has 14 heavy (non-hydrogen) atoms. The van der Waals surface area contributed by atoms with Crippen LogP contribution in [0.25, 0.3) is 0 Å². The minimum atomic E-state index is 0.135. The number of hydrogen-bond acceptors (Lipinski definition) is 3. The molecule has 0 fully saturated rings. The molecular formula is C10H23N2OPb. The predicted molar refractivity (Wildman–Crippen MR) is 61.2 cm³/mol. The summed E-state index contributed by atoms with van der Waals surface area (Å²) in [6.45, 7) is 10.6. The summed E-state index contributed by atoms with van der Waals surface area (Å²) in [6.07, 6.45) is 1.07. The Morgan fingerprint density at radius 2 is 1.86 bits per heavy atom. The summed E-state index contributed by atoms with van der Waals surface area (Å²) >= 11 is 1.27. The summed E-state index contributed by atoms with van der Waals surface area (Å²) in [5.74, 6) is 5.12. The number of rotatable bonds is 7. The van der Waals surface area contributed by atoms with Gasteiger partial charge >= 0.3 is 104 Å². The first kappa shape index (κ1) is 14.8. The van der Waals surface area contributed by atoms with Crippen molar-refractivity contribution in [2.45, 2.75) is 43.6 Å². The van der Waals surface area contributed by atoms with Gasteiger partial charge in [-0.2, -0.15) is 0 Å². The maximum absolute atomic E-state index is 5.12. The first-order valence-corrected chi connectivity index (χ1v) is 7.79. The topological polar surface area (TPSA) is 47.3 Å². The molecule has 0 atom stereocenters. The molecule has 0 heterocycles. The van der Waals surface area contributed by atoms with Crippen molar-refractivity contribution < 1.29 is 4.84 Å². The van der Waals surface area contributed by atoms with Gasteiger partial charge in [-0.3, -0.25) is 0 Å². The summed E-state index contributed by atoms with van der Waals surface area (Å²) in [5, 5.41) is 3.56. The Morgan fingerprint density at radius 1 is 1.29 bits per heavy atom. The first-order chi connectivity index (χ1) is 6.33. The number of nitrogens with one attached hydrogen (secondary N) is 1. The van der Waals surface area contributed by atoms with E-state index in [0.717, 1.165) is 13.0 Å². The third-order valence-corrected chi connectivity index (χ3v) is 3.09. The van der Waals surface area contributed by atoms with Gasteiger partial charge < -0.3 is 0 Å². The van der Waals surface area contributed by atoms with Crippen LogP contribution in [0.3, 0.4) is 0 Å². The second kappa shape index (κ2) is 6.40. The van der Waals surface area contributed by atoms with Crippen LogP contribution in [0.4, 0.5) is 0 Å². The summed E-state index contributed by atoms with van der Waals surface area (Å²) in [5.41, 5.74) is 0.308. The van der Waals surface area contributed by atoms with Gasteiger partial charge in [-0.25, -0.2) is 0 Å². The molecule has 83 valence electrons. The molecule has 3 nitrogen and oxygen atoms in total. The van der Waals surface area contributed by atoms with E-state index >= 15 is 0 Å². The van der Waals surface area contributed by atoms with Gasteiger partial charge in [-0.1, -0.05) is 0 Å². The fourth-order valence-corrected chi connectivity index (χ4v) is 2.42. The number of hydrogen-bond donors (Lipinski definition) is 2. The zero-order valence-electron chi connectivity index (χ0n) is 9.81. The van der Waals surface area contributed by atoms with Gasteiger partial charge in [0.25, 0.3) is 0 Å². The van der Waals surface area contributed by atoms with Crippen molar-refractivity contribution in [3.05, 3.63) is 0 Å². The van der Waals surface area contributed by atoms with E-state index in [1.165, 1.54) is 29.7 Å². The molecule has 0 saturated carbocycles. The Bertz CT molecular complexity index is 160. The van der Waals surface area contributed by atoms with Gasteiger partial charge in [0.15, 0.2) is 0 Å². The van der Waals surface area contributed by atoms with Gasteiger partial charge in [-0.15, -0.1) is 0 Å². The third-order valence-electron chi connectivity index (χ3n) is 2.12. The van der Waals surface area contributed by atoms with Crippen LogP contribution >= 0.6 is 0 Å². The van der Waals surface area contributed by atoms with E-state index in [9.17, 15) is 0 Å². The second-order valence-corrected chi connectivity index (χ2v) is 7.16. The SMILES string of the molecule is CC(C)(CON)CC(C)(C)NC[CH2][Pb]. The third kappa shape index (κ3) is 7.14. The van der Waals surface area contributed by atoms with Crippen LogP contribution in [0.15, 0.2) is 0 Å². The predicted octanol–water partition coefficient (Wildman–Crippen LogP) is 1.25. The van der Waals surface area contributed by atoms with E-state index in [2.05, 4.69) is 33.0 Å². The quantitative estimate of drug-likeness (QED) is 0.505. The summed E-state index contributed by atoms with van der Waals surface area (Å²) < 4.78 is 1.30. The van der Waals surface area contributed by atoms with Crippen LogP contribution in [0, 0.1) is 5.41 Å². The second-order valence-electron chi connectivity index (χ2n) is 5.21. The van der Waals surface area contributed by atoms with Crippen molar-refractivity contribution in [3.63, 3.8) is 0 Å². The van der Waals surface area contributed by atoms with Crippen LogP contribution in [-0.4, -0.2) is 44.5 Å². The summed E-state index contributed by atoms with van der Waals surface area (Å²) in [7, 11) is 0. The molecule has 0 unspecified atom stereocenters. The molecule has 0 saturated heterocycles. The average Bonchev–Trinajstić information content (AvgIpc) is 1.98. The zero-order valence-corrected chi connectivity index (χ0v) is 13.7. The summed E-state index contributed by atoms with van der Waals surface area (Å²) in [6, 6.07) is 0. The van der Waals surface area contributed by atoms with Crippen molar-refractivity contribution in [1.82, 2.24) is 5.32 Å². The van der Waals surface area contributed by atoms with Gasteiger partial charge in [0, 0.05) is 0 Å². The molecule has 0 bridgehead atoms. The van der Waals surface area contributed by atoms with Crippen LogP contribution in [0.1, 0.15) is 34.1 Å². The van der Waals surface area contributed by atoms with E-state index in [4.69, 9.17) is 10.7 Å². The van der Waals surface area contributed by atoms with E-state index in [1.54, 1.807) is 0 Å². The van der Waals surface area contributed by atoms with E-state index in [0.29, 0.717) is 6.61 Å². The van der Waals surface area contributed by atoms with E-state index in [1.807, 2.05) is 0 Å². The first-order valence-electron chi connectivity index (χ1n) is 5.04. The molecule has 0 aromatic heterocycles. The van der Waals surface area contributed by atoms with Crippen LogP contribution in [-0.2, 0) is 4.84 Å². The molecule has 0 spiro atoms. The van der Waals surface area contributed by atoms with Gasteiger partial charge in [0.2, 0.25) is 0 Å². The fourth-order valence-electron chi connectivity index (χ4n) is 1.94. The molecule has 0 aliphatic rings. The van der Waals surface area contributed by atoms with Crippen molar-refractivity contribution >= 4 is 25.8 Å². The minimum absolute atomic E-state index is 0.135. The van der Waals surface area contributed by atoms with Crippen molar-refractivity contribution in [2.24, 2.45) is 11.3 Å². The molecule has 3 N–H and O–H groups in total. The average molecular weight is 395 g/mol. The Balaban J connectivity index is 4.05. The Kier molecular flexibility index (Phi) is 6.77. The van der Waals surface area contributed by atoms with Crippen LogP contribution in [0.5, 0.6) is 0 Å². The van der Waals surface area contributed by atoms with E-state index < -0.39 is 0 Å².